The predicted molar refractivity (Wildman–Crippen MR) is 120 cm³/mol. The van der Waals surface area contributed by atoms with Crippen molar-refractivity contribution in [1.29, 1.82) is 0 Å². The van der Waals surface area contributed by atoms with E-state index in [2.05, 4.69) is 18.1 Å². The van der Waals surface area contributed by atoms with Gasteiger partial charge in [-0.3, -0.25) is 9.80 Å². The third kappa shape index (κ3) is 3.52. The maximum absolute atomic E-state index is 13.7. The van der Waals surface area contributed by atoms with Crippen molar-refractivity contribution in [3.63, 3.8) is 0 Å². The van der Waals surface area contributed by atoms with E-state index < -0.39 is 11.1 Å². The van der Waals surface area contributed by atoms with Crippen LogP contribution in [0.25, 0.3) is 0 Å². The van der Waals surface area contributed by atoms with Crippen LogP contribution >= 0.6 is 0 Å². The number of hydrogen-bond donors (Lipinski definition) is 0. The van der Waals surface area contributed by atoms with E-state index in [9.17, 15) is 13.6 Å². The number of nitrogens with zero attached hydrogens (tertiary/aromatic N) is 2. The van der Waals surface area contributed by atoms with Crippen LogP contribution in [0.2, 0.25) is 0 Å². The average Bonchev–Trinajstić information content (AvgIpc) is 3.02. The van der Waals surface area contributed by atoms with Crippen molar-refractivity contribution >= 4 is 6.09 Å². The summed E-state index contributed by atoms with van der Waals surface area (Å²) in [6.07, 6.45) is 3.47. The zero-order chi connectivity index (χ0) is 22.9. The molecule has 168 valence electrons. The van der Waals surface area contributed by atoms with E-state index in [0.29, 0.717) is 32.5 Å². The fourth-order valence-electron chi connectivity index (χ4n) is 5.00. The van der Waals surface area contributed by atoms with Gasteiger partial charge in [0.2, 0.25) is 0 Å². The Balaban J connectivity index is 1.69. The van der Waals surface area contributed by atoms with Gasteiger partial charge in [0.1, 0.15) is 11.6 Å². The highest BCUT2D eigenvalue weighted by molar-refractivity contribution is 5.75. The molecule has 2 aromatic carbocycles. The van der Waals surface area contributed by atoms with Gasteiger partial charge in [0.05, 0.1) is 11.2 Å². The van der Waals surface area contributed by atoms with Gasteiger partial charge < -0.3 is 4.74 Å². The number of ether oxygens (including phenoxy) is 1. The molecule has 32 heavy (non-hydrogen) atoms. The van der Waals surface area contributed by atoms with Gasteiger partial charge in [0, 0.05) is 32.5 Å². The summed E-state index contributed by atoms with van der Waals surface area (Å²) in [6.45, 7) is 12.1. The molecule has 6 heteroatoms. The first-order chi connectivity index (χ1) is 15.4. The van der Waals surface area contributed by atoms with E-state index in [1.807, 2.05) is 13.0 Å². The Hall–Kier alpha value is -2.99. The molecule has 0 aromatic heterocycles. The maximum Gasteiger partial charge on any atom is 0.415 e. The maximum atomic E-state index is 13.7. The van der Waals surface area contributed by atoms with Crippen molar-refractivity contribution in [1.82, 2.24) is 9.80 Å². The van der Waals surface area contributed by atoms with E-state index in [-0.39, 0.29) is 17.7 Å². The van der Waals surface area contributed by atoms with Crippen molar-refractivity contribution < 1.29 is 18.3 Å². The van der Waals surface area contributed by atoms with Crippen LogP contribution in [0.5, 0.6) is 0 Å². The lowest BCUT2D eigenvalue weighted by molar-refractivity contribution is -0.00444. The Morgan fingerprint density at radius 2 is 1.53 bits per heavy atom. The highest BCUT2D eigenvalue weighted by Crippen LogP contribution is 2.45. The third-order valence-electron chi connectivity index (χ3n) is 6.74. The number of carbonyl (C=O) groups excluding carboxylic acids is 1. The monoisotopic (exact) mass is 438 g/mol. The normalized spacial score (nSPS) is 18.8. The number of hydrogen-bond acceptors (Lipinski definition) is 3. The minimum absolute atomic E-state index is 0.325. The molecule has 0 unspecified atom stereocenters. The van der Waals surface area contributed by atoms with Gasteiger partial charge in [0.15, 0.2) is 5.60 Å². The van der Waals surface area contributed by atoms with E-state index in [1.54, 1.807) is 29.2 Å². The van der Waals surface area contributed by atoms with Crippen molar-refractivity contribution in [3.05, 3.63) is 96.2 Å². The molecule has 2 fully saturated rings. The molecule has 2 aromatic rings. The molecule has 1 spiro atoms. The topological polar surface area (TPSA) is 32.8 Å². The lowest BCUT2D eigenvalue weighted by atomic mass is 9.78. The molecule has 2 saturated heterocycles. The highest BCUT2D eigenvalue weighted by Gasteiger charge is 2.52. The molecule has 0 N–H and O–H groups in total. The Morgan fingerprint density at radius 1 is 1.03 bits per heavy atom. The fraction of sp³-hybridized carbons (Fsp3) is 0.346. The van der Waals surface area contributed by atoms with Crippen LogP contribution in [-0.2, 0) is 10.3 Å². The van der Waals surface area contributed by atoms with Gasteiger partial charge in [-0.05, 0) is 41.8 Å². The van der Waals surface area contributed by atoms with E-state index in [4.69, 9.17) is 4.74 Å². The number of likely N-dealkylation sites (tertiary alicyclic amines) is 1. The first-order valence-electron chi connectivity index (χ1n) is 11.0. The molecule has 2 aliphatic rings. The Labute approximate surface area is 187 Å². The van der Waals surface area contributed by atoms with Gasteiger partial charge in [-0.25, -0.2) is 13.6 Å². The number of piperidine rings is 1. The molecule has 1 amide bonds. The number of halogens is 2. The van der Waals surface area contributed by atoms with Crippen molar-refractivity contribution in [3.8, 4) is 0 Å². The Morgan fingerprint density at radius 3 is 1.97 bits per heavy atom. The lowest BCUT2D eigenvalue weighted by Gasteiger charge is -2.48. The van der Waals surface area contributed by atoms with E-state index in [1.165, 1.54) is 24.3 Å². The zero-order valence-corrected chi connectivity index (χ0v) is 18.3. The molecule has 0 radical (unpaired) electrons. The van der Waals surface area contributed by atoms with Crippen LogP contribution in [-0.4, -0.2) is 41.1 Å². The summed E-state index contributed by atoms with van der Waals surface area (Å²) in [6, 6.07) is 12.6. The second-order valence-corrected chi connectivity index (χ2v) is 8.43. The summed E-state index contributed by atoms with van der Waals surface area (Å²) in [5.41, 5.74) is 0.909. The van der Waals surface area contributed by atoms with Crippen molar-refractivity contribution in [2.45, 2.75) is 37.3 Å². The van der Waals surface area contributed by atoms with Gasteiger partial charge in [0.25, 0.3) is 0 Å². The standard InChI is InChI=1S/C26H28F2N2O2/c1-4-16-30-19(3)25(32-24(30)31)14-17-29(18-15-25)26(5-2,20-6-10-22(27)11-7-20)21-8-12-23(28)13-9-21/h5-13H,2-4,14-18H2,1H3. The van der Waals surface area contributed by atoms with Gasteiger partial charge in [-0.2, -0.15) is 0 Å². The second kappa shape index (κ2) is 8.51. The van der Waals surface area contributed by atoms with Gasteiger partial charge >= 0.3 is 6.09 Å². The number of amides is 1. The van der Waals surface area contributed by atoms with Gasteiger partial charge in [-0.15, -0.1) is 6.58 Å². The molecule has 0 saturated carbocycles. The summed E-state index contributed by atoms with van der Waals surface area (Å²) < 4.78 is 33.2. The van der Waals surface area contributed by atoms with Crippen LogP contribution in [0.3, 0.4) is 0 Å². The van der Waals surface area contributed by atoms with E-state index >= 15 is 0 Å². The second-order valence-electron chi connectivity index (χ2n) is 8.43. The molecule has 4 rings (SSSR count). The molecular formula is C26H28F2N2O2. The largest absolute Gasteiger partial charge is 0.436 e. The minimum atomic E-state index is -0.782. The molecular weight excluding hydrogens is 410 g/mol. The third-order valence-corrected chi connectivity index (χ3v) is 6.74. The molecule has 0 aliphatic carbocycles. The lowest BCUT2D eigenvalue weighted by Crippen LogP contribution is -2.54. The van der Waals surface area contributed by atoms with Crippen LogP contribution in [0.15, 0.2) is 73.5 Å². The zero-order valence-electron chi connectivity index (χ0n) is 18.3. The average molecular weight is 439 g/mol. The van der Waals surface area contributed by atoms with Gasteiger partial charge in [-0.1, -0.05) is 43.8 Å². The summed E-state index contributed by atoms with van der Waals surface area (Å²) in [4.78, 5) is 16.3. The quantitative estimate of drug-likeness (QED) is 0.550. The molecule has 2 heterocycles. The molecule has 2 aliphatic heterocycles. The summed E-state index contributed by atoms with van der Waals surface area (Å²) in [7, 11) is 0. The van der Waals surface area contributed by atoms with E-state index in [0.717, 1.165) is 23.2 Å². The van der Waals surface area contributed by atoms with Crippen LogP contribution < -0.4 is 0 Å². The van der Waals surface area contributed by atoms with Crippen molar-refractivity contribution in [2.75, 3.05) is 19.6 Å². The first kappa shape index (κ1) is 22.2. The summed E-state index contributed by atoms with van der Waals surface area (Å²) in [5.74, 6) is -0.651. The fourth-order valence-corrected chi connectivity index (χ4v) is 5.00. The van der Waals surface area contributed by atoms with Crippen LogP contribution in [0.4, 0.5) is 13.6 Å². The Bertz CT molecular complexity index is 964. The summed E-state index contributed by atoms with van der Waals surface area (Å²) in [5, 5.41) is 0. The number of benzene rings is 2. The van der Waals surface area contributed by atoms with Crippen LogP contribution in [0, 0.1) is 11.6 Å². The number of rotatable bonds is 6. The SMILES string of the molecule is C=CC(c1ccc(F)cc1)(c1ccc(F)cc1)N1CCC2(CC1)OC(=O)N(CCC)C2=C. The molecule has 0 atom stereocenters. The Kier molecular flexibility index (Phi) is 5.91. The number of carbonyl (C=O) groups is 1. The van der Waals surface area contributed by atoms with Crippen molar-refractivity contribution in [2.24, 2.45) is 0 Å². The minimum Gasteiger partial charge on any atom is -0.436 e. The molecule has 4 nitrogen and oxygen atoms in total. The first-order valence-corrected chi connectivity index (χ1v) is 11.0. The smallest absolute Gasteiger partial charge is 0.415 e. The predicted octanol–water partition coefficient (Wildman–Crippen LogP) is 5.60. The summed E-state index contributed by atoms with van der Waals surface area (Å²) >= 11 is 0. The molecule has 0 bridgehead atoms. The van der Waals surface area contributed by atoms with Crippen LogP contribution in [0.1, 0.15) is 37.3 Å². The highest BCUT2D eigenvalue weighted by atomic mass is 19.1.